The Morgan fingerprint density at radius 3 is 2.61 bits per heavy atom. The lowest BCUT2D eigenvalue weighted by Crippen LogP contribution is -2.50. The number of carbonyl (C=O) groups excluding carboxylic acids is 1. The third-order valence-electron chi connectivity index (χ3n) is 5.88. The van der Waals surface area contributed by atoms with E-state index in [0.717, 1.165) is 5.69 Å². The van der Waals surface area contributed by atoms with Crippen LogP contribution in [0.4, 0.5) is 5.95 Å². The van der Waals surface area contributed by atoms with E-state index < -0.39 is 0 Å². The number of ether oxygens (including phenoxy) is 2. The highest BCUT2D eigenvalue weighted by atomic mass is 16.7. The number of aromatic nitrogens is 4. The van der Waals surface area contributed by atoms with Gasteiger partial charge in [-0.15, -0.1) is 0 Å². The van der Waals surface area contributed by atoms with Gasteiger partial charge in [-0.25, -0.2) is 4.98 Å². The molecule has 2 aromatic heterocycles. The van der Waals surface area contributed by atoms with Crippen molar-refractivity contribution in [2.24, 2.45) is 7.05 Å². The normalized spacial score (nSPS) is 15.7. The van der Waals surface area contributed by atoms with Crippen LogP contribution in [0.1, 0.15) is 23.0 Å². The molecule has 5 rings (SSSR count). The standard InChI is InChI=1S/C21H24N6O4/c1-4-27-20(29)18-17(13(2)23-24(18)3)22-21(27)26-9-7-25(8-10-26)19(28)14-5-6-15-16(11-14)31-12-30-15/h5-6,11H,4,7-10,12H2,1-3H3. The van der Waals surface area contributed by atoms with Crippen molar-refractivity contribution >= 4 is 22.9 Å². The summed E-state index contributed by atoms with van der Waals surface area (Å²) in [6.07, 6.45) is 0. The van der Waals surface area contributed by atoms with Gasteiger partial charge in [0.2, 0.25) is 12.7 Å². The van der Waals surface area contributed by atoms with Crippen LogP contribution in [0.3, 0.4) is 0 Å². The predicted molar refractivity (Wildman–Crippen MR) is 114 cm³/mol. The molecule has 4 heterocycles. The third-order valence-corrected chi connectivity index (χ3v) is 5.88. The molecule has 31 heavy (non-hydrogen) atoms. The van der Waals surface area contributed by atoms with Crippen LogP contribution in [0.5, 0.6) is 11.5 Å². The average molecular weight is 424 g/mol. The van der Waals surface area contributed by atoms with Crippen molar-refractivity contribution in [3.8, 4) is 11.5 Å². The summed E-state index contributed by atoms with van der Waals surface area (Å²) in [6, 6.07) is 5.26. The number of hydrogen-bond donors (Lipinski definition) is 0. The van der Waals surface area contributed by atoms with Crippen LogP contribution in [0.2, 0.25) is 0 Å². The smallest absolute Gasteiger partial charge is 0.281 e. The number of piperazine rings is 1. The molecule has 0 spiro atoms. The fourth-order valence-corrected chi connectivity index (χ4v) is 4.25. The number of nitrogens with zero attached hydrogens (tertiary/aromatic N) is 6. The lowest BCUT2D eigenvalue weighted by Gasteiger charge is -2.36. The molecule has 1 fully saturated rings. The molecule has 0 aliphatic carbocycles. The number of anilines is 1. The fraction of sp³-hybridized carbons (Fsp3) is 0.429. The molecule has 162 valence electrons. The van der Waals surface area contributed by atoms with Gasteiger partial charge in [-0.1, -0.05) is 0 Å². The van der Waals surface area contributed by atoms with Crippen molar-refractivity contribution in [1.82, 2.24) is 24.2 Å². The second-order valence-electron chi connectivity index (χ2n) is 7.71. The van der Waals surface area contributed by atoms with Crippen molar-refractivity contribution in [2.45, 2.75) is 20.4 Å². The summed E-state index contributed by atoms with van der Waals surface area (Å²) < 4.78 is 14.0. The van der Waals surface area contributed by atoms with Gasteiger partial charge in [-0.2, -0.15) is 5.10 Å². The summed E-state index contributed by atoms with van der Waals surface area (Å²) in [5.41, 5.74) is 2.36. The minimum atomic E-state index is -0.0931. The molecule has 1 saturated heterocycles. The molecule has 0 radical (unpaired) electrons. The summed E-state index contributed by atoms with van der Waals surface area (Å²) in [4.78, 5) is 34.7. The maximum absolute atomic E-state index is 13.1. The zero-order chi connectivity index (χ0) is 21.7. The number of carbonyl (C=O) groups is 1. The highest BCUT2D eigenvalue weighted by molar-refractivity contribution is 5.95. The average Bonchev–Trinajstić information content (AvgIpc) is 3.36. The first-order chi connectivity index (χ1) is 15.0. The number of aryl methyl sites for hydroxylation is 2. The van der Waals surface area contributed by atoms with Crippen LogP contribution >= 0.6 is 0 Å². The minimum absolute atomic E-state index is 0.0441. The van der Waals surface area contributed by atoms with Crippen molar-refractivity contribution in [3.05, 3.63) is 39.8 Å². The minimum Gasteiger partial charge on any atom is -0.454 e. The van der Waals surface area contributed by atoms with Crippen LogP contribution in [0.25, 0.3) is 11.0 Å². The molecule has 3 aromatic rings. The van der Waals surface area contributed by atoms with Gasteiger partial charge in [-0.05, 0) is 32.0 Å². The van der Waals surface area contributed by atoms with Crippen molar-refractivity contribution in [3.63, 3.8) is 0 Å². The van der Waals surface area contributed by atoms with Crippen LogP contribution < -0.4 is 19.9 Å². The third kappa shape index (κ3) is 3.09. The molecule has 0 atom stereocenters. The summed E-state index contributed by atoms with van der Waals surface area (Å²) in [5, 5.41) is 4.36. The molecule has 0 bridgehead atoms. The molecule has 0 unspecified atom stereocenters. The first kappa shape index (κ1) is 19.4. The second-order valence-corrected chi connectivity index (χ2v) is 7.71. The molecule has 2 aliphatic heterocycles. The number of amides is 1. The van der Waals surface area contributed by atoms with Gasteiger partial charge < -0.3 is 19.3 Å². The first-order valence-corrected chi connectivity index (χ1v) is 10.4. The molecular weight excluding hydrogens is 400 g/mol. The highest BCUT2D eigenvalue weighted by Gasteiger charge is 2.27. The first-order valence-electron chi connectivity index (χ1n) is 10.4. The van der Waals surface area contributed by atoms with E-state index in [1.807, 2.05) is 18.7 Å². The Bertz CT molecular complexity index is 1240. The van der Waals surface area contributed by atoms with E-state index in [1.54, 1.807) is 34.5 Å². The zero-order valence-electron chi connectivity index (χ0n) is 17.8. The van der Waals surface area contributed by atoms with E-state index in [2.05, 4.69) is 10.00 Å². The Kier molecular flexibility index (Phi) is 4.57. The fourth-order valence-electron chi connectivity index (χ4n) is 4.25. The largest absolute Gasteiger partial charge is 0.454 e. The lowest BCUT2D eigenvalue weighted by atomic mass is 10.1. The van der Waals surface area contributed by atoms with E-state index in [1.165, 1.54) is 0 Å². The Labute approximate surface area is 178 Å². The number of hydrogen-bond acceptors (Lipinski definition) is 7. The van der Waals surface area contributed by atoms with Crippen molar-refractivity contribution < 1.29 is 14.3 Å². The maximum Gasteiger partial charge on any atom is 0.281 e. The maximum atomic E-state index is 13.1. The lowest BCUT2D eigenvalue weighted by molar-refractivity contribution is 0.0745. The Morgan fingerprint density at radius 1 is 1.13 bits per heavy atom. The van der Waals surface area contributed by atoms with E-state index >= 15 is 0 Å². The van der Waals surface area contributed by atoms with Crippen LogP contribution in [0, 0.1) is 6.92 Å². The van der Waals surface area contributed by atoms with Crippen molar-refractivity contribution in [2.75, 3.05) is 37.9 Å². The molecule has 0 N–H and O–H groups in total. The van der Waals surface area contributed by atoms with E-state index in [9.17, 15) is 9.59 Å². The summed E-state index contributed by atoms with van der Waals surface area (Å²) in [6.45, 7) is 6.74. The molecule has 10 nitrogen and oxygen atoms in total. The van der Waals surface area contributed by atoms with Gasteiger partial charge in [0.25, 0.3) is 11.5 Å². The molecule has 1 aromatic carbocycles. The monoisotopic (exact) mass is 424 g/mol. The van der Waals surface area contributed by atoms with Crippen LogP contribution in [-0.4, -0.2) is 63.1 Å². The van der Waals surface area contributed by atoms with Gasteiger partial charge in [0, 0.05) is 45.3 Å². The second kappa shape index (κ2) is 7.29. The van der Waals surface area contributed by atoms with Gasteiger partial charge in [0.05, 0.1) is 5.69 Å². The number of rotatable bonds is 3. The van der Waals surface area contributed by atoms with Gasteiger partial charge in [0.1, 0.15) is 5.52 Å². The van der Waals surface area contributed by atoms with E-state index in [0.29, 0.717) is 66.8 Å². The SMILES string of the molecule is CCn1c(N2CCN(C(=O)c3ccc4c(c3)OCO4)CC2)nc2c(C)nn(C)c2c1=O. The van der Waals surface area contributed by atoms with Gasteiger partial charge >= 0.3 is 0 Å². The summed E-state index contributed by atoms with van der Waals surface area (Å²) >= 11 is 0. The molecular formula is C21H24N6O4. The highest BCUT2D eigenvalue weighted by Crippen LogP contribution is 2.33. The predicted octanol–water partition coefficient (Wildman–Crippen LogP) is 1.15. The van der Waals surface area contributed by atoms with Crippen molar-refractivity contribution in [1.29, 1.82) is 0 Å². The summed E-state index contributed by atoms with van der Waals surface area (Å²) in [7, 11) is 1.76. The molecule has 0 saturated carbocycles. The Balaban J connectivity index is 1.38. The molecule has 1 amide bonds. The van der Waals surface area contributed by atoms with E-state index in [-0.39, 0.29) is 18.3 Å². The molecule has 10 heteroatoms. The van der Waals surface area contributed by atoms with E-state index in [4.69, 9.17) is 14.5 Å². The zero-order valence-corrected chi connectivity index (χ0v) is 17.8. The Hall–Kier alpha value is -3.56. The number of fused-ring (bicyclic) bond motifs is 2. The quantitative estimate of drug-likeness (QED) is 0.622. The van der Waals surface area contributed by atoms with Gasteiger partial charge in [-0.3, -0.25) is 18.8 Å². The van der Waals surface area contributed by atoms with Crippen LogP contribution in [-0.2, 0) is 13.6 Å². The Morgan fingerprint density at radius 2 is 1.87 bits per heavy atom. The topological polar surface area (TPSA) is 94.7 Å². The van der Waals surface area contributed by atoms with Crippen LogP contribution in [0.15, 0.2) is 23.0 Å². The number of benzene rings is 1. The van der Waals surface area contributed by atoms with Gasteiger partial charge in [0.15, 0.2) is 17.0 Å². The summed E-state index contributed by atoms with van der Waals surface area (Å²) in [5.74, 6) is 1.84. The molecule has 2 aliphatic rings.